The number of aliphatic imine (C=N–C) groups is 1. The van der Waals surface area contributed by atoms with Crippen LogP contribution in [0.2, 0.25) is 0 Å². The van der Waals surface area contributed by atoms with Gasteiger partial charge in [0.2, 0.25) is 0 Å². The molecule has 0 atom stereocenters. The van der Waals surface area contributed by atoms with Crippen LogP contribution >= 0.6 is 0 Å². The van der Waals surface area contributed by atoms with Crippen LogP contribution in [0.5, 0.6) is 0 Å². The van der Waals surface area contributed by atoms with Gasteiger partial charge in [-0.3, -0.25) is 9.39 Å². The number of aromatic nitrogens is 3. The second kappa shape index (κ2) is 9.88. The SMILES string of the molecule is CCNC(=NCCCc1nnc2ccccn12)N(C)Cc1ccc(CC)cc1. The first-order chi connectivity index (χ1) is 13.7. The predicted octanol–water partition coefficient (Wildman–Crippen LogP) is 3.32. The second-order valence-corrected chi connectivity index (χ2v) is 6.91. The van der Waals surface area contributed by atoms with Crippen molar-refractivity contribution in [3.8, 4) is 0 Å². The Hall–Kier alpha value is -2.89. The predicted molar refractivity (Wildman–Crippen MR) is 115 cm³/mol. The maximum absolute atomic E-state index is 4.80. The van der Waals surface area contributed by atoms with Gasteiger partial charge < -0.3 is 10.2 Å². The Morgan fingerprint density at radius 3 is 2.61 bits per heavy atom. The van der Waals surface area contributed by atoms with Crippen molar-refractivity contribution in [3.05, 3.63) is 65.6 Å². The summed E-state index contributed by atoms with van der Waals surface area (Å²) in [5.74, 6) is 1.92. The fourth-order valence-electron chi connectivity index (χ4n) is 3.18. The molecule has 0 saturated heterocycles. The summed E-state index contributed by atoms with van der Waals surface area (Å²) in [6.45, 7) is 6.72. The molecule has 1 N–H and O–H groups in total. The van der Waals surface area contributed by atoms with Gasteiger partial charge in [0.15, 0.2) is 11.6 Å². The van der Waals surface area contributed by atoms with Crippen LogP contribution in [0.15, 0.2) is 53.7 Å². The highest BCUT2D eigenvalue weighted by atomic mass is 15.3. The first-order valence-electron chi connectivity index (χ1n) is 10.1. The lowest BCUT2D eigenvalue weighted by molar-refractivity contribution is 0.476. The highest BCUT2D eigenvalue weighted by Gasteiger charge is 2.07. The number of hydrogen-bond acceptors (Lipinski definition) is 3. The Bertz CT molecular complexity index is 897. The highest BCUT2D eigenvalue weighted by Crippen LogP contribution is 2.08. The number of fused-ring (bicyclic) bond motifs is 1. The quantitative estimate of drug-likeness (QED) is 0.371. The number of aryl methyl sites for hydroxylation is 2. The van der Waals surface area contributed by atoms with Gasteiger partial charge in [-0.05, 0) is 43.0 Å². The van der Waals surface area contributed by atoms with Crippen molar-refractivity contribution in [2.45, 2.75) is 39.7 Å². The number of hydrogen-bond donors (Lipinski definition) is 1. The molecule has 0 aliphatic rings. The summed E-state index contributed by atoms with van der Waals surface area (Å²) in [5.41, 5.74) is 3.55. The van der Waals surface area contributed by atoms with E-state index in [0.717, 1.165) is 56.3 Å². The summed E-state index contributed by atoms with van der Waals surface area (Å²) < 4.78 is 2.04. The standard InChI is InChI=1S/C22H30N6/c1-4-18-11-13-19(14-12-18)17-27(3)22(23-5-2)24-15-8-10-21-26-25-20-9-6-7-16-28(20)21/h6-7,9,11-14,16H,4-5,8,10,15,17H2,1-3H3,(H,23,24). The minimum Gasteiger partial charge on any atom is -0.357 e. The lowest BCUT2D eigenvalue weighted by atomic mass is 10.1. The molecule has 0 fully saturated rings. The number of pyridine rings is 1. The first-order valence-corrected chi connectivity index (χ1v) is 10.1. The van der Waals surface area contributed by atoms with Crippen molar-refractivity contribution in [2.24, 2.45) is 4.99 Å². The smallest absolute Gasteiger partial charge is 0.193 e. The third kappa shape index (κ3) is 5.09. The molecule has 0 bridgehead atoms. The molecule has 0 amide bonds. The lowest BCUT2D eigenvalue weighted by Gasteiger charge is -2.22. The molecule has 6 heteroatoms. The number of nitrogens with one attached hydrogen (secondary N) is 1. The van der Waals surface area contributed by atoms with E-state index in [2.05, 4.69) is 65.6 Å². The molecule has 2 aromatic heterocycles. The van der Waals surface area contributed by atoms with E-state index in [-0.39, 0.29) is 0 Å². The molecule has 0 aliphatic carbocycles. The Balaban J connectivity index is 1.56. The minimum atomic E-state index is 0.753. The largest absolute Gasteiger partial charge is 0.357 e. The number of benzene rings is 1. The molecule has 0 radical (unpaired) electrons. The fraction of sp³-hybridized carbons (Fsp3) is 0.409. The van der Waals surface area contributed by atoms with Gasteiger partial charge >= 0.3 is 0 Å². The molecule has 148 valence electrons. The van der Waals surface area contributed by atoms with Crippen molar-refractivity contribution in [1.29, 1.82) is 0 Å². The van der Waals surface area contributed by atoms with Crippen LogP contribution < -0.4 is 5.32 Å². The average Bonchev–Trinajstić information content (AvgIpc) is 3.14. The van der Waals surface area contributed by atoms with Gasteiger partial charge in [-0.25, -0.2) is 0 Å². The van der Waals surface area contributed by atoms with Crippen molar-refractivity contribution in [1.82, 2.24) is 24.8 Å². The molecular weight excluding hydrogens is 348 g/mol. The van der Waals surface area contributed by atoms with Crippen molar-refractivity contribution >= 4 is 11.6 Å². The fourth-order valence-corrected chi connectivity index (χ4v) is 3.18. The molecule has 3 rings (SSSR count). The molecule has 0 aliphatic heterocycles. The second-order valence-electron chi connectivity index (χ2n) is 6.91. The Kier molecular flexibility index (Phi) is 7.00. The third-order valence-corrected chi connectivity index (χ3v) is 4.75. The van der Waals surface area contributed by atoms with E-state index >= 15 is 0 Å². The Labute approximate surface area is 167 Å². The van der Waals surface area contributed by atoms with Crippen LogP contribution in [-0.4, -0.2) is 45.6 Å². The Morgan fingerprint density at radius 2 is 1.86 bits per heavy atom. The van der Waals surface area contributed by atoms with E-state index in [0.29, 0.717) is 0 Å². The van der Waals surface area contributed by atoms with Gasteiger partial charge in [-0.2, -0.15) is 0 Å². The van der Waals surface area contributed by atoms with Crippen LogP contribution in [0.3, 0.4) is 0 Å². The lowest BCUT2D eigenvalue weighted by Crippen LogP contribution is -2.38. The molecule has 6 nitrogen and oxygen atoms in total. The van der Waals surface area contributed by atoms with Gasteiger partial charge in [0.25, 0.3) is 0 Å². The normalized spacial score (nSPS) is 11.8. The topological polar surface area (TPSA) is 57.8 Å². The maximum atomic E-state index is 4.80. The molecule has 0 unspecified atom stereocenters. The number of rotatable bonds is 8. The third-order valence-electron chi connectivity index (χ3n) is 4.75. The molecule has 0 saturated carbocycles. The summed E-state index contributed by atoms with van der Waals surface area (Å²) >= 11 is 0. The summed E-state index contributed by atoms with van der Waals surface area (Å²) in [7, 11) is 2.08. The van der Waals surface area contributed by atoms with Gasteiger partial charge in [-0.15, -0.1) is 10.2 Å². The monoisotopic (exact) mass is 378 g/mol. The van der Waals surface area contributed by atoms with Gasteiger partial charge in [0.1, 0.15) is 5.82 Å². The molecule has 2 heterocycles. The molecular formula is C22H30N6. The van der Waals surface area contributed by atoms with Gasteiger partial charge in [0, 0.05) is 39.3 Å². The first kappa shape index (κ1) is 19.9. The van der Waals surface area contributed by atoms with Crippen LogP contribution in [0.4, 0.5) is 0 Å². The van der Waals surface area contributed by atoms with Crippen LogP contribution in [0.1, 0.15) is 37.2 Å². The van der Waals surface area contributed by atoms with Crippen molar-refractivity contribution < 1.29 is 0 Å². The molecule has 1 aromatic carbocycles. The van der Waals surface area contributed by atoms with Crippen molar-refractivity contribution in [2.75, 3.05) is 20.1 Å². The zero-order valence-corrected chi connectivity index (χ0v) is 17.1. The molecule has 3 aromatic rings. The molecule has 0 spiro atoms. The summed E-state index contributed by atoms with van der Waals surface area (Å²) in [5, 5.41) is 11.9. The van der Waals surface area contributed by atoms with E-state index < -0.39 is 0 Å². The molecule has 28 heavy (non-hydrogen) atoms. The van der Waals surface area contributed by atoms with Gasteiger partial charge in [-0.1, -0.05) is 37.3 Å². The van der Waals surface area contributed by atoms with Gasteiger partial charge in [0.05, 0.1) is 0 Å². The van der Waals surface area contributed by atoms with E-state index in [4.69, 9.17) is 4.99 Å². The zero-order valence-electron chi connectivity index (χ0n) is 17.1. The van der Waals surface area contributed by atoms with Crippen LogP contribution in [0, 0.1) is 0 Å². The van der Waals surface area contributed by atoms with Crippen LogP contribution in [0.25, 0.3) is 5.65 Å². The van der Waals surface area contributed by atoms with E-state index in [1.54, 1.807) is 0 Å². The average molecular weight is 379 g/mol. The number of guanidine groups is 1. The summed E-state index contributed by atoms with van der Waals surface area (Å²) in [6, 6.07) is 14.8. The Morgan fingerprint density at radius 1 is 1.07 bits per heavy atom. The van der Waals surface area contributed by atoms with E-state index in [1.807, 2.05) is 28.8 Å². The summed E-state index contributed by atoms with van der Waals surface area (Å²) in [4.78, 5) is 6.97. The number of nitrogens with zero attached hydrogens (tertiary/aromatic N) is 5. The minimum absolute atomic E-state index is 0.753. The van der Waals surface area contributed by atoms with Crippen molar-refractivity contribution in [3.63, 3.8) is 0 Å². The zero-order chi connectivity index (χ0) is 19.8. The maximum Gasteiger partial charge on any atom is 0.193 e. The van der Waals surface area contributed by atoms with E-state index in [9.17, 15) is 0 Å². The van der Waals surface area contributed by atoms with Crippen LogP contribution in [-0.2, 0) is 19.4 Å². The van der Waals surface area contributed by atoms with E-state index in [1.165, 1.54) is 11.1 Å². The summed E-state index contributed by atoms with van der Waals surface area (Å²) in [6.07, 6.45) is 4.87. The highest BCUT2D eigenvalue weighted by molar-refractivity contribution is 5.79.